The van der Waals surface area contributed by atoms with Crippen molar-refractivity contribution in [2.45, 2.75) is 81.8 Å². The first-order valence-corrected chi connectivity index (χ1v) is 27.7. The molecule has 0 saturated heterocycles. The van der Waals surface area contributed by atoms with Crippen molar-refractivity contribution < 1.29 is 42.9 Å². The number of nitrogens with zero attached hydrogens (tertiary/aromatic N) is 5. The van der Waals surface area contributed by atoms with Crippen LogP contribution in [0, 0.1) is 29.1 Å². The number of rotatable bonds is 9. The van der Waals surface area contributed by atoms with Crippen LogP contribution in [-0.2, 0) is 31.0 Å². The molecule has 18 heteroatoms. The van der Waals surface area contributed by atoms with Crippen LogP contribution in [0.1, 0.15) is 80.7 Å². The van der Waals surface area contributed by atoms with E-state index in [1.165, 1.54) is 41.7 Å². The Labute approximate surface area is 451 Å². The Balaban J connectivity index is 0.000000143. The van der Waals surface area contributed by atoms with Crippen molar-refractivity contribution in [1.29, 1.82) is 0 Å². The average Bonchev–Trinajstić information content (AvgIpc) is 4.07. The Bertz CT molecular complexity index is 3490. The molecule has 2 fully saturated rings. The number of thiophene rings is 1. The van der Waals surface area contributed by atoms with Crippen LogP contribution < -0.4 is 15.0 Å². The van der Waals surface area contributed by atoms with Crippen molar-refractivity contribution in [3.8, 4) is 17.7 Å². The zero-order valence-corrected chi connectivity index (χ0v) is 45.2. The number of nitrogens with one attached hydrogen (secondary N) is 1. The van der Waals surface area contributed by atoms with E-state index in [2.05, 4.69) is 77.4 Å². The van der Waals surface area contributed by atoms with Gasteiger partial charge in [-0.2, -0.15) is 0 Å². The zero-order valence-electron chi connectivity index (χ0n) is 42.8. The van der Waals surface area contributed by atoms with Gasteiger partial charge < -0.3 is 30.3 Å². The minimum Gasteiger partial charge on any atom is -0.504 e. The molecule has 394 valence electrons. The quantitative estimate of drug-likeness (QED) is 0.0999. The topological polar surface area (TPSA) is 204 Å². The Morgan fingerprint density at radius 3 is 2.41 bits per heavy atom. The number of aliphatic hydroxyl groups excluding tert-OH is 1. The maximum Gasteiger partial charge on any atom is 0.341 e. The molecule has 0 bridgehead atoms. The van der Waals surface area contributed by atoms with E-state index in [-0.39, 0.29) is 42.7 Å². The lowest BCUT2D eigenvalue weighted by atomic mass is 9.51. The van der Waals surface area contributed by atoms with E-state index < -0.39 is 39.9 Å². The highest BCUT2D eigenvalue weighted by Crippen LogP contribution is 2.66. The number of carboxylic acids is 1. The van der Waals surface area contributed by atoms with Crippen molar-refractivity contribution in [1.82, 2.24) is 19.1 Å². The van der Waals surface area contributed by atoms with Gasteiger partial charge in [0.1, 0.15) is 16.3 Å². The first-order chi connectivity index (χ1) is 36.3. The molecule has 5 aliphatic rings. The normalized spacial score (nSPS) is 22.9. The minimum atomic E-state index is -3.96. The summed E-state index contributed by atoms with van der Waals surface area (Å²) in [6, 6.07) is 32.7. The van der Waals surface area contributed by atoms with Gasteiger partial charge in [0.25, 0.3) is 15.9 Å². The number of aromatic nitrogens is 3. The summed E-state index contributed by atoms with van der Waals surface area (Å²) in [6.07, 6.45) is 9.71. The van der Waals surface area contributed by atoms with Gasteiger partial charge in [-0.05, 0) is 128 Å². The highest BCUT2D eigenvalue weighted by Gasteiger charge is 2.62. The second-order valence-electron chi connectivity index (χ2n) is 20.0. The highest BCUT2D eigenvalue weighted by molar-refractivity contribution is 7.89. The Kier molecular flexibility index (Phi) is 15.4. The van der Waals surface area contributed by atoms with E-state index in [9.17, 15) is 33.0 Å². The number of benzene rings is 3. The second-order valence-corrected chi connectivity index (χ2v) is 23.6. The number of para-hydroxylation sites is 1. The molecule has 3 aromatic heterocycles. The third-order valence-corrected chi connectivity index (χ3v) is 18.5. The number of carbonyl (C=O) groups is 3. The lowest BCUT2D eigenvalue weighted by Gasteiger charge is -2.53. The molecule has 1 aliphatic heterocycles. The number of carbonyl (C=O) groups excluding carboxylic acids is 2. The molecule has 4 N–H and O–H groups in total. The van der Waals surface area contributed by atoms with Crippen molar-refractivity contribution in [2.75, 3.05) is 38.0 Å². The summed E-state index contributed by atoms with van der Waals surface area (Å²) in [5.74, 6) is 6.10. The molecule has 15 nitrogen and oxygen atoms in total. The van der Waals surface area contributed by atoms with Crippen LogP contribution in [0.25, 0.3) is 16.7 Å². The molecule has 6 aromatic rings. The fraction of sp³-hybridized carbons (Fsp3) is 0.328. The summed E-state index contributed by atoms with van der Waals surface area (Å²) >= 11 is 6.73. The zero-order chi connectivity index (χ0) is 54.1. The first kappa shape index (κ1) is 53.6. The second kappa shape index (κ2) is 21.8. The maximum absolute atomic E-state index is 12.5. The standard InChI is InChI=1S/C29H35NO2.C16H14N2O3.C13H10ClN3O4S2/c1-5-15-29(32)16-14-26-24-12-8-20-17-22(31)11-13-23(20)27(24)25(18-28(26,29)2)19-6-9-21(10-7-19)30(3)4;19-15(20)11-21-16-13-8-4-5-9-14(13)18(17-16)10-12-6-2-1-3-7-12;1-17-10(13(19)16-9-4-2-3-5-15-9)11(18)12-7(23(17,20)21)6-8(14)22-12/h6-7,9-10,17,24-26,32H,8,11-14,16,18H2,1-4H3;1-9H,10-11H2,(H,19,20);2-6,18H,1H3,(H,15,16,19)/t24-,25+,26-,28-,29-;;/m0../s1. The van der Waals surface area contributed by atoms with E-state index in [1.807, 2.05) is 72.3 Å². The molecule has 0 radical (unpaired) electrons. The SMILES string of the molecule is CC#C[C@]1(O)CC[C@H]2[C@@H]3CCC4=CC(=O)CCC4=C3[C@@H](c3ccc(N(C)C)cc3)C[C@@]21C.CN1C(C(=O)Nc2ccccn2)=C(O)c2sc(Cl)cc2S1(=O)=O.O=C(O)COc1nn(Cc2ccccc2)c2ccccc12. The number of hydrogen-bond acceptors (Lipinski definition) is 12. The number of aliphatic hydroxyl groups is 2. The monoisotopic (exact) mass is 1080 g/mol. The molecule has 1 amide bonds. The molecule has 4 heterocycles. The van der Waals surface area contributed by atoms with Crippen LogP contribution in [0.2, 0.25) is 4.34 Å². The minimum absolute atomic E-state index is 0.0410. The number of fused-ring (bicyclic) bond motifs is 6. The summed E-state index contributed by atoms with van der Waals surface area (Å²) in [4.78, 5) is 41.2. The van der Waals surface area contributed by atoms with Gasteiger partial charge in [0.15, 0.2) is 23.8 Å². The van der Waals surface area contributed by atoms with Gasteiger partial charge in [-0.15, -0.1) is 22.4 Å². The molecule has 0 spiro atoms. The highest BCUT2D eigenvalue weighted by atomic mass is 35.5. The van der Waals surface area contributed by atoms with Gasteiger partial charge in [-0.1, -0.05) is 90.7 Å². The Morgan fingerprint density at radius 2 is 1.71 bits per heavy atom. The van der Waals surface area contributed by atoms with Gasteiger partial charge >= 0.3 is 5.97 Å². The predicted octanol–water partition coefficient (Wildman–Crippen LogP) is 10.3. The molecule has 4 aliphatic carbocycles. The molecule has 5 atom stereocenters. The molecular formula is C58H59ClN6O9S2. The number of allylic oxidation sites excluding steroid dienone is 4. The molecule has 11 rings (SSSR count). The van der Waals surface area contributed by atoms with E-state index in [0.717, 1.165) is 70.6 Å². The maximum atomic E-state index is 12.5. The number of halogens is 1. The number of carboxylic acid groups (broad SMARTS) is 1. The third-order valence-electron chi connectivity index (χ3n) is 15.3. The summed E-state index contributed by atoms with van der Waals surface area (Å²) in [5, 5.41) is 38.4. The number of ether oxygens (including phenoxy) is 1. The van der Waals surface area contributed by atoms with Gasteiger partial charge in [0.2, 0.25) is 5.88 Å². The third kappa shape index (κ3) is 10.4. The molecule has 76 heavy (non-hydrogen) atoms. The van der Waals surface area contributed by atoms with E-state index >= 15 is 0 Å². The number of likely N-dealkylation sites (N-methyl/N-ethyl adjacent to an activating group) is 1. The largest absolute Gasteiger partial charge is 0.504 e. The number of amides is 1. The number of anilines is 2. The van der Waals surface area contributed by atoms with Crippen LogP contribution in [0.3, 0.4) is 0 Å². The summed E-state index contributed by atoms with van der Waals surface area (Å²) in [5.41, 5.74) is 7.37. The van der Waals surface area contributed by atoms with Gasteiger partial charge in [0, 0.05) is 50.8 Å². The van der Waals surface area contributed by atoms with Crippen molar-refractivity contribution in [3.05, 3.63) is 158 Å². The van der Waals surface area contributed by atoms with Crippen molar-refractivity contribution >= 4 is 78.8 Å². The number of aliphatic carboxylic acids is 1. The summed E-state index contributed by atoms with van der Waals surface area (Å²) in [7, 11) is 1.37. The fourth-order valence-electron chi connectivity index (χ4n) is 11.7. The van der Waals surface area contributed by atoms with E-state index in [1.54, 1.807) is 23.8 Å². The lowest BCUT2D eigenvalue weighted by Crippen LogP contribution is -2.51. The first-order valence-electron chi connectivity index (χ1n) is 25.0. The van der Waals surface area contributed by atoms with Crippen LogP contribution in [0.4, 0.5) is 11.5 Å². The average molecular weight is 1080 g/mol. The lowest BCUT2D eigenvalue weighted by molar-refractivity contribution is -0.139. The molecule has 2 saturated carbocycles. The number of ketones is 1. The Morgan fingerprint density at radius 1 is 0.987 bits per heavy atom. The van der Waals surface area contributed by atoms with Crippen LogP contribution >= 0.6 is 22.9 Å². The van der Waals surface area contributed by atoms with Crippen LogP contribution in [-0.4, -0.2) is 93.8 Å². The fourth-order valence-corrected chi connectivity index (χ4v) is 14.6. The van der Waals surface area contributed by atoms with Crippen molar-refractivity contribution in [2.24, 2.45) is 17.3 Å². The summed E-state index contributed by atoms with van der Waals surface area (Å²) < 4.78 is 32.9. The van der Waals surface area contributed by atoms with Crippen LogP contribution in [0.15, 0.2) is 143 Å². The smallest absolute Gasteiger partial charge is 0.341 e. The van der Waals surface area contributed by atoms with E-state index in [4.69, 9.17) is 21.4 Å². The van der Waals surface area contributed by atoms with Crippen LogP contribution in [0.5, 0.6) is 5.88 Å². The van der Waals surface area contributed by atoms with Gasteiger partial charge in [-0.25, -0.2) is 18.2 Å². The van der Waals surface area contributed by atoms with Gasteiger partial charge in [-0.3, -0.25) is 18.6 Å². The number of sulfonamides is 1. The molecule has 0 unspecified atom stereocenters. The van der Waals surface area contributed by atoms with Crippen molar-refractivity contribution in [3.63, 3.8) is 0 Å². The Hall–Kier alpha value is -7.23. The molecule has 3 aromatic carbocycles. The predicted molar refractivity (Wildman–Crippen MR) is 295 cm³/mol. The number of pyridine rings is 1. The summed E-state index contributed by atoms with van der Waals surface area (Å²) in [6.45, 7) is 4.36. The van der Waals surface area contributed by atoms with Gasteiger partial charge in [0.05, 0.1) is 26.7 Å². The van der Waals surface area contributed by atoms with E-state index in [0.29, 0.717) is 30.7 Å². The number of hydrogen-bond donors (Lipinski definition) is 4. The molecular weight excluding hydrogens is 1020 g/mol.